The molecule has 266 valence electrons. The van der Waals surface area contributed by atoms with Crippen LogP contribution in [0, 0.1) is 0 Å². The van der Waals surface area contributed by atoms with Gasteiger partial charge >= 0.3 is 0 Å². The number of nitrogens with zero attached hydrogens (tertiary/aromatic N) is 3. The summed E-state index contributed by atoms with van der Waals surface area (Å²) in [4.78, 5) is 0. The fourth-order valence-electron chi connectivity index (χ4n) is 7.74. The molecule has 0 N–H and O–H groups in total. The van der Waals surface area contributed by atoms with Gasteiger partial charge in [-0.1, -0.05) is 145 Å². The van der Waals surface area contributed by atoms with Crippen molar-refractivity contribution in [2.24, 2.45) is 0 Å². The normalized spacial score (nSPS) is 18.0. The number of fused-ring (bicyclic) bond motifs is 9. The fraction of sp³-hybridized carbons (Fsp3) is 0. The van der Waals surface area contributed by atoms with Crippen molar-refractivity contribution in [2.75, 3.05) is 0 Å². The van der Waals surface area contributed by atoms with Crippen LogP contribution >= 0.6 is 0 Å². The average Bonchev–Trinajstić information content (AvgIpc) is 1.70. The minimum Gasteiger partial charge on any atom is -0.309 e. The highest BCUT2D eigenvalue weighted by molar-refractivity contribution is 6.14. The molecule has 3 aromatic heterocycles. The van der Waals surface area contributed by atoms with Crippen LogP contribution in [0.2, 0.25) is 0 Å². The molecular formula is C54H35N3. The maximum Gasteiger partial charge on any atom is 0.0709 e. The predicted octanol–water partition coefficient (Wildman–Crippen LogP) is 14.3. The second-order valence-corrected chi connectivity index (χ2v) is 13.1. The average molecular weight is 751 g/mol. The van der Waals surface area contributed by atoms with Crippen molar-refractivity contribution in [3.63, 3.8) is 0 Å². The summed E-state index contributed by atoms with van der Waals surface area (Å²) in [7, 11) is 0. The van der Waals surface area contributed by atoms with Gasteiger partial charge in [0.15, 0.2) is 0 Å². The molecule has 0 amide bonds. The Labute approximate surface area is 364 Å². The van der Waals surface area contributed by atoms with Crippen LogP contribution in [0.3, 0.4) is 0 Å². The summed E-state index contributed by atoms with van der Waals surface area (Å²) in [6.07, 6.45) is 0. The smallest absolute Gasteiger partial charge is 0.0709 e. The minimum atomic E-state index is -0.809. The molecule has 0 radical (unpaired) electrons. The maximum absolute atomic E-state index is 9.80. The summed E-state index contributed by atoms with van der Waals surface area (Å²) in [6.45, 7) is 0. The first kappa shape index (κ1) is 15.9. The van der Waals surface area contributed by atoms with Crippen molar-refractivity contribution < 1.29 is 34.3 Å². The molecule has 0 atom stereocenters. The van der Waals surface area contributed by atoms with Gasteiger partial charge in [0.2, 0.25) is 0 Å². The zero-order chi connectivity index (χ0) is 59.2. The molecule has 0 aliphatic rings. The third-order valence-corrected chi connectivity index (χ3v) is 10.1. The van der Waals surface area contributed by atoms with Gasteiger partial charge in [-0.15, -0.1) is 0 Å². The lowest BCUT2D eigenvalue weighted by Gasteiger charge is -2.18. The van der Waals surface area contributed by atoms with Crippen LogP contribution in [-0.4, -0.2) is 13.7 Å². The largest absolute Gasteiger partial charge is 0.309 e. The maximum atomic E-state index is 9.80. The third-order valence-electron chi connectivity index (χ3n) is 10.1. The molecule has 9 aromatic carbocycles. The summed E-state index contributed by atoms with van der Waals surface area (Å²) in [5.41, 5.74) is -1.50. The van der Waals surface area contributed by atoms with Crippen molar-refractivity contribution in [2.45, 2.75) is 0 Å². The SMILES string of the molecule is [2H]c1c([2H])c([2H])c(-c2ccc(-n3c4c([2H])c([2H])c([2H])c([2H])c4c4c([2H])c(-c5c([2H])c([2H])c([2H])c([2H])c5[2H])c([2H])c([2H])c43)c(-n3c4ccccc4c4cc(-n5c6c([2H])c([2H])c([2H])c([2H])c6c6c([2H])c([2H])c([2H])c([2H])c65)ccc43)c2)c([2H])c1[2H]. The Kier molecular flexibility index (Phi) is 3.46. The van der Waals surface area contributed by atoms with Crippen molar-refractivity contribution in [3.05, 3.63) is 212 Å². The van der Waals surface area contributed by atoms with E-state index in [0.29, 0.717) is 21.8 Å². The first-order valence-electron chi connectivity index (χ1n) is 30.1. The van der Waals surface area contributed by atoms with E-state index in [4.69, 9.17) is 27.4 Å². The van der Waals surface area contributed by atoms with Crippen LogP contribution in [-0.2, 0) is 0 Å². The van der Waals surface area contributed by atoms with Gasteiger partial charge in [0.1, 0.15) is 0 Å². The summed E-state index contributed by atoms with van der Waals surface area (Å²) in [5, 5.41) is -0.135. The van der Waals surface area contributed by atoms with E-state index in [1.807, 2.05) is 0 Å². The lowest BCUT2D eigenvalue weighted by Crippen LogP contribution is -2.04. The van der Waals surface area contributed by atoms with Crippen LogP contribution in [0.25, 0.3) is 105 Å². The van der Waals surface area contributed by atoms with Gasteiger partial charge in [-0.25, -0.2) is 0 Å². The molecule has 0 saturated heterocycles. The van der Waals surface area contributed by atoms with Crippen LogP contribution in [0.15, 0.2) is 212 Å². The first-order chi connectivity index (χ1) is 38.7. The fourth-order valence-corrected chi connectivity index (χ4v) is 7.74. The van der Waals surface area contributed by atoms with E-state index in [2.05, 4.69) is 0 Å². The van der Waals surface area contributed by atoms with Crippen molar-refractivity contribution in [1.82, 2.24) is 13.7 Å². The summed E-state index contributed by atoms with van der Waals surface area (Å²) < 4.78 is 227. The zero-order valence-corrected chi connectivity index (χ0v) is 29.1. The standard InChI is InChI=1S/C54H35N3/c1-3-15-36(16-4-1)38-27-30-51-45(33-38)43-21-9-13-25-49(43)56(51)53-31-28-39(37-17-5-2-6-18-37)34-54(53)57-50-26-14-10-22-44(50)46-35-40(29-32-52(46)57)55-47-23-11-7-19-41(47)42-20-8-12-24-48(42)55/h1-35H/i1D,2D,3D,4D,5D,6D,7D,8D,9D,11D,12D,13D,15D,16D,17D,18D,19D,20D,21D,23D,24D,25D,27D,30D,33D. The topological polar surface area (TPSA) is 14.8 Å². The predicted molar refractivity (Wildman–Crippen MR) is 240 cm³/mol. The molecule has 3 nitrogen and oxygen atoms in total. The highest BCUT2D eigenvalue weighted by atomic mass is 15.1. The number of para-hydroxylation sites is 4. The second kappa shape index (κ2) is 12.5. The van der Waals surface area contributed by atoms with Gasteiger partial charge in [-0.3, -0.25) is 0 Å². The van der Waals surface area contributed by atoms with Crippen molar-refractivity contribution in [1.29, 1.82) is 0 Å². The highest BCUT2D eigenvalue weighted by Crippen LogP contribution is 2.42. The Bertz CT molecular complexity index is 4860. The number of hydrogen-bond donors (Lipinski definition) is 0. The van der Waals surface area contributed by atoms with Gasteiger partial charge in [-0.05, 0) is 88.9 Å². The molecule has 12 aromatic rings. The zero-order valence-electron chi connectivity index (χ0n) is 54.1. The van der Waals surface area contributed by atoms with E-state index >= 15 is 0 Å². The van der Waals surface area contributed by atoms with Crippen LogP contribution in [0.4, 0.5) is 0 Å². The molecule has 12 rings (SSSR count). The Morgan fingerprint density at radius 3 is 1.54 bits per heavy atom. The number of hydrogen-bond acceptors (Lipinski definition) is 0. The Morgan fingerprint density at radius 2 is 0.842 bits per heavy atom. The Hall–Kier alpha value is -7.62. The van der Waals surface area contributed by atoms with Crippen molar-refractivity contribution >= 4 is 65.4 Å². The monoisotopic (exact) mass is 750 g/mol. The van der Waals surface area contributed by atoms with E-state index in [1.54, 1.807) is 41.0 Å². The van der Waals surface area contributed by atoms with Gasteiger partial charge in [0, 0.05) is 38.0 Å². The highest BCUT2D eigenvalue weighted by Gasteiger charge is 2.21. The molecule has 3 heteroatoms. The molecular weight excluding hydrogens is 691 g/mol. The molecule has 0 aliphatic carbocycles. The molecule has 0 aliphatic heterocycles. The van der Waals surface area contributed by atoms with E-state index < -0.39 is 162 Å². The van der Waals surface area contributed by atoms with Gasteiger partial charge < -0.3 is 13.7 Å². The Balaban J connectivity index is 1.26. The summed E-state index contributed by atoms with van der Waals surface area (Å²) in [5.74, 6) is 0. The lowest BCUT2D eigenvalue weighted by molar-refractivity contribution is 1.09. The van der Waals surface area contributed by atoms with Crippen LogP contribution in [0.1, 0.15) is 34.3 Å². The second-order valence-electron chi connectivity index (χ2n) is 13.1. The first-order valence-corrected chi connectivity index (χ1v) is 17.6. The van der Waals surface area contributed by atoms with Crippen LogP contribution in [0.5, 0.6) is 0 Å². The Morgan fingerprint density at radius 1 is 0.298 bits per heavy atom. The number of benzene rings is 9. The molecule has 0 fully saturated rings. The molecule has 3 heterocycles. The molecule has 0 unspecified atom stereocenters. The number of aromatic nitrogens is 3. The molecule has 57 heavy (non-hydrogen) atoms. The molecule has 0 saturated carbocycles. The van der Waals surface area contributed by atoms with E-state index in [-0.39, 0.29) is 71.8 Å². The lowest BCUT2D eigenvalue weighted by atomic mass is 10.0. The van der Waals surface area contributed by atoms with E-state index in [9.17, 15) is 6.85 Å². The van der Waals surface area contributed by atoms with E-state index in [1.165, 1.54) is 33.4 Å². The van der Waals surface area contributed by atoms with Crippen LogP contribution < -0.4 is 0 Å². The van der Waals surface area contributed by atoms with Gasteiger partial charge in [0.25, 0.3) is 0 Å². The van der Waals surface area contributed by atoms with Gasteiger partial charge in [0.05, 0.1) is 78.7 Å². The summed E-state index contributed by atoms with van der Waals surface area (Å²) >= 11 is 0. The van der Waals surface area contributed by atoms with E-state index in [0.717, 1.165) is 0 Å². The molecule has 0 bridgehead atoms. The van der Waals surface area contributed by atoms with Gasteiger partial charge in [-0.2, -0.15) is 0 Å². The van der Waals surface area contributed by atoms with Crippen molar-refractivity contribution in [3.8, 4) is 39.3 Å². The third kappa shape index (κ3) is 4.79. The quantitative estimate of drug-likeness (QED) is 0.166. The molecule has 0 spiro atoms. The number of rotatable bonds is 5. The summed E-state index contributed by atoms with van der Waals surface area (Å²) in [6, 6.07) is -1.12. The minimum absolute atomic E-state index is 0.0338.